The summed E-state index contributed by atoms with van der Waals surface area (Å²) in [5.41, 5.74) is 3.25. The van der Waals surface area contributed by atoms with Gasteiger partial charge in [-0.15, -0.1) is 11.3 Å². The van der Waals surface area contributed by atoms with E-state index in [1.807, 2.05) is 11.3 Å². The zero-order chi connectivity index (χ0) is 10.8. The maximum atomic E-state index is 3.53. The Kier molecular flexibility index (Phi) is 3.47. The van der Waals surface area contributed by atoms with Crippen LogP contribution in [-0.4, -0.2) is 6.04 Å². The minimum Gasteiger partial charge on any atom is -0.310 e. The third kappa shape index (κ3) is 2.26. The van der Waals surface area contributed by atoms with Gasteiger partial charge in [-0.05, 0) is 41.7 Å². The molecule has 0 saturated carbocycles. The number of fused-ring (bicyclic) bond motifs is 1. The van der Waals surface area contributed by atoms with Gasteiger partial charge in [0.15, 0.2) is 0 Å². The van der Waals surface area contributed by atoms with Crippen LogP contribution in [0.3, 0.4) is 0 Å². The van der Waals surface area contributed by atoms with Gasteiger partial charge in [0, 0.05) is 17.5 Å². The van der Waals surface area contributed by atoms with Crippen LogP contribution < -0.4 is 5.32 Å². The highest BCUT2D eigenvalue weighted by atomic mass is 32.1. The van der Waals surface area contributed by atoms with E-state index >= 15 is 0 Å². The first kappa shape index (κ1) is 11.2. The van der Waals surface area contributed by atoms with E-state index in [0.717, 1.165) is 12.5 Å². The molecule has 0 saturated heterocycles. The number of hydrogen-bond acceptors (Lipinski definition) is 2. The van der Waals surface area contributed by atoms with Gasteiger partial charge in [-0.25, -0.2) is 0 Å². The van der Waals surface area contributed by atoms with E-state index < -0.39 is 0 Å². The zero-order valence-electron chi connectivity index (χ0n) is 9.97. The molecule has 1 unspecified atom stereocenters. The van der Waals surface area contributed by atoms with Crippen LogP contribution >= 0.6 is 11.3 Å². The van der Waals surface area contributed by atoms with Crippen LogP contribution in [0.15, 0.2) is 5.38 Å². The van der Waals surface area contributed by atoms with E-state index in [-0.39, 0.29) is 0 Å². The van der Waals surface area contributed by atoms with Crippen molar-refractivity contribution in [3.8, 4) is 0 Å². The van der Waals surface area contributed by atoms with Gasteiger partial charge in [-0.2, -0.15) is 0 Å². The summed E-state index contributed by atoms with van der Waals surface area (Å²) >= 11 is 1.97. The molecule has 1 nitrogen and oxygen atoms in total. The predicted octanol–water partition coefficient (Wildman–Crippen LogP) is 3.69. The Balaban J connectivity index is 2.12. The summed E-state index contributed by atoms with van der Waals surface area (Å²) in [7, 11) is 0. The molecule has 0 aromatic carbocycles. The third-order valence-corrected chi connectivity index (χ3v) is 4.42. The van der Waals surface area contributed by atoms with Gasteiger partial charge in [-0.1, -0.05) is 20.8 Å². The molecule has 1 atom stereocenters. The van der Waals surface area contributed by atoms with Crippen molar-refractivity contribution in [2.75, 3.05) is 0 Å². The second kappa shape index (κ2) is 4.67. The molecule has 0 radical (unpaired) electrons. The van der Waals surface area contributed by atoms with E-state index in [2.05, 4.69) is 31.5 Å². The monoisotopic (exact) mass is 223 g/mol. The van der Waals surface area contributed by atoms with Gasteiger partial charge in [-0.3, -0.25) is 0 Å². The van der Waals surface area contributed by atoms with Crippen molar-refractivity contribution in [1.82, 2.24) is 5.32 Å². The fraction of sp³-hybridized carbons (Fsp3) is 0.692. The summed E-state index contributed by atoms with van der Waals surface area (Å²) < 4.78 is 0. The van der Waals surface area contributed by atoms with Crippen LogP contribution in [0, 0.1) is 0 Å². The highest BCUT2D eigenvalue weighted by molar-refractivity contribution is 7.10. The molecule has 1 aromatic rings. The van der Waals surface area contributed by atoms with Gasteiger partial charge < -0.3 is 5.32 Å². The lowest BCUT2D eigenvalue weighted by atomic mass is 9.97. The molecule has 2 rings (SSSR count). The van der Waals surface area contributed by atoms with E-state index in [4.69, 9.17) is 0 Å². The average molecular weight is 223 g/mol. The third-order valence-electron chi connectivity index (χ3n) is 3.31. The Bertz CT molecular complexity index is 327. The standard InChI is InChI=1S/C13H21NS/c1-4-10-5-6-12-13(10)11(8-15-12)7-14-9(2)3/h8-10,14H,4-7H2,1-3H3. The molecule has 15 heavy (non-hydrogen) atoms. The quantitative estimate of drug-likeness (QED) is 0.821. The van der Waals surface area contributed by atoms with Crippen molar-refractivity contribution in [3.05, 3.63) is 21.4 Å². The van der Waals surface area contributed by atoms with Crippen LogP contribution in [-0.2, 0) is 13.0 Å². The van der Waals surface area contributed by atoms with E-state index in [0.29, 0.717) is 6.04 Å². The SMILES string of the molecule is CCC1CCc2scc(CNC(C)C)c21. The summed E-state index contributed by atoms with van der Waals surface area (Å²) in [6.45, 7) is 7.80. The second-order valence-corrected chi connectivity index (χ2v) is 5.74. The highest BCUT2D eigenvalue weighted by Gasteiger charge is 2.25. The smallest absolute Gasteiger partial charge is 0.0219 e. The number of nitrogens with one attached hydrogen (secondary N) is 1. The Morgan fingerprint density at radius 2 is 2.33 bits per heavy atom. The number of rotatable bonds is 4. The van der Waals surface area contributed by atoms with Crippen LogP contribution in [0.5, 0.6) is 0 Å². The first-order valence-electron chi connectivity index (χ1n) is 6.04. The zero-order valence-corrected chi connectivity index (χ0v) is 10.8. The van der Waals surface area contributed by atoms with E-state index in [1.54, 1.807) is 16.0 Å². The molecule has 1 aliphatic carbocycles. The molecule has 84 valence electrons. The molecule has 1 aromatic heterocycles. The number of thiophene rings is 1. The molecule has 0 amide bonds. The molecule has 1 N–H and O–H groups in total. The second-order valence-electron chi connectivity index (χ2n) is 4.78. The van der Waals surface area contributed by atoms with Crippen molar-refractivity contribution >= 4 is 11.3 Å². The lowest BCUT2D eigenvalue weighted by molar-refractivity contribution is 0.580. The van der Waals surface area contributed by atoms with Gasteiger partial charge in [0.2, 0.25) is 0 Å². The molecule has 0 spiro atoms. The van der Waals surface area contributed by atoms with Crippen LogP contribution in [0.4, 0.5) is 0 Å². The molecular formula is C13H21NS. The minimum atomic E-state index is 0.585. The molecule has 1 aliphatic rings. The maximum absolute atomic E-state index is 3.53. The summed E-state index contributed by atoms with van der Waals surface area (Å²) in [6.07, 6.45) is 4.01. The fourth-order valence-corrected chi connectivity index (χ4v) is 3.60. The van der Waals surface area contributed by atoms with Crippen molar-refractivity contribution in [3.63, 3.8) is 0 Å². The predicted molar refractivity (Wildman–Crippen MR) is 67.6 cm³/mol. The van der Waals surface area contributed by atoms with Crippen LogP contribution in [0.25, 0.3) is 0 Å². The van der Waals surface area contributed by atoms with Gasteiger partial charge in [0.05, 0.1) is 0 Å². The maximum Gasteiger partial charge on any atom is 0.0219 e. The van der Waals surface area contributed by atoms with Crippen molar-refractivity contribution in [1.29, 1.82) is 0 Å². The van der Waals surface area contributed by atoms with E-state index in [1.165, 1.54) is 19.3 Å². The summed E-state index contributed by atoms with van der Waals surface area (Å²) in [5.74, 6) is 0.843. The summed E-state index contributed by atoms with van der Waals surface area (Å²) in [4.78, 5) is 1.66. The Labute approximate surface area is 96.9 Å². The fourth-order valence-electron chi connectivity index (χ4n) is 2.44. The topological polar surface area (TPSA) is 12.0 Å². The van der Waals surface area contributed by atoms with Crippen LogP contribution in [0.2, 0.25) is 0 Å². The summed E-state index contributed by atoms with van der Waals surface area (Å²) in [6, 6.07) is 0.585. The average Bonchev–Trinajstić information content (AvgIpc) is 2.75. The largest absolute Gasteiger partial charge is 0.310 e. The number of aryl methyl sites for hydroxylation is 1. The Morgan fingerprint density at radius 1 is 1.53 bits per heavy atom. The summed E-state index contributed by atoms with van der Waals surface area (Å²) in [5, 5.41) is 5.89. The number of hydrogen-bond donors (Lipinski definition) is 1. The normalized spacial score (nSPS) is 19.9. The molecule has 0 aliphatic heterocycles. The highest BCUT2D eigenvalue weighted by Crippen LogP contribution is 2.41. The first-order valence-corrected chi connectivity index (χ1v) is 6.92. The molecule has 0 bridgehead atoms. The lowest BCUT2D eigenvalue weighted by Crippen LogP contribution is -2.22. The molecule has 1 heterocycles. The van der Waals surface area contributed by atoms with Crippen molar-refractivity contribution in [2.45, 2.75) is 58.5 Å². The van der Waals surface area contributed by atoms with Crippen molar-refractivity contribution in [2.24, 2.45) is 0 Å². The Hall–Kier alpha value is -0.340. The molecule has 0 fully saturated rings. The first-order chi connectivity index (χ1) is 7.22. The lowest BCUT2D eigenvalue weighted by Gasteiger charge is -2.12. The molecule has 2 heteroatoms. The van der Waals surface area contributed by atoms with E-state index in [9.17, 15) is 0 Å². The molecular weight excluding hydrogens is 202 g/mol. The van der Waals surface area contributed by atoms with Gasteiger partial charge in [0.25, 0.3) is 0 Å². The van der Waals surface area contributed by atoms with Crippen molar-refractivity contribution < 1.29 is 0 Å². The van der Waals surface area contributed by atoms with Gasteiger partial charge in [0.1, 0.15) is 0 Å². The minimum absolute atomic E-state index is 0.585. The van der Waals surface area contributed by atoms with Gasteiger partial charge >= 0.3 is 0 Å². The Morgan fingerprint density at radius 3 is 3.00 bits per heavy atom. The van der Waals surface area contributed by atoms with Crippen LogP contribution in [0.1, 0.15) is 55.5 Å².